The van der Waals surface area contributed by atoms with Gasteiger partial charge in [0.15, 0.2) is 17.4 Å². The number of urea groups is 1. The molecule has 0 bridgehead atoms. The molecule has 1 aromatic carbocycles. The summed E-state index contributed by atoms with van der Waals surface area (Å²) in [5.41, 5.74) is -1.42. The molecule has 7 nitrogen and oxygen atoms in total. The zero-order valence-corrected chi connectivity index (χ0v) is 16.4. The van der Waals surface area contributed by atoms with Gasteiger partial charge in [-0.15, -0.1) is 0 Å². The van der Waals surface area contributed by atoms with Crippen molar-refractivity contribution in [3.63, 3.8) is 0 Å². The Hall–Kier alpha value is -3.41. The summed E-state index contributed by atoms with van der Waals surface area (Å²) in [6.07, 6.45) is -1.38. The Kier molecular flexibility index (Phi) is 5.87. The minimum Gasteiger partial charge on any atom is -0.450 e. The minimum atomic E-state index is -4.73. The highest BCUT2D eigenvalue weighted by molar-refractivity contribution is 5.89. The summed E-state index contributed by atoms with van der Waals surface area (Å²) in [6.45, 7) is 0.987. The van der Waals surface area contributed by atoms with E-state index in [0.29, 0.717) is 19.3 Å². The number of halogens is 5. The molecule has 174 valence electrons. The van der Waals surface area contributed by atoms with Gasteiger partial charge in [-0.05, 0) is 18.9 Å². The Bertz CT molecular complexity index is 1130. The van der Waals surface area contributed by atoms with Crippen molar-refractivity contribution in [2.45, 2.75) is 19.0 Å². The second kappa shape index (κ2) is 8.61. The number of hydrogen-bond acceptors (Lipinski definition) is 4. The van der Waals surface area contributed by atoms with Crippen molar-refractivity contribution in [3.05, 3.63) is 47.8 Å². The molecule has 1 fully saturated rings. The van der Waals surface area contributed by atoms with Crippen molar-refractivity contribution < 1.29 is 39.1 Å². The van der Waals surface area contributed by atoms with Gasteiger partial charge in [0.1, 0.15) is 18.1 Å². The number of H-pyrrole nitrogens is 1. The first-order valence-electron chi connectivity index (χ1n) is 9.58. The fourth-order valence-corrected chi connectivity index (χ4v) is 3.28. The molecule has 0 atom stereocenters. The minimum absolute atomic E-state index is 0. The second-order valence-corrected chi connectivity index (χ2v) is 7.04. The van der Waals surface area contributed by atoms with E-state index in [1.165, 1.54) is 4.90 Å². The fourth-order valence-electron chi connectivity index (χ4n) is 3.28. The number of aromatic amines is 1. The summed E-state index contributed by atoms with van der Waals surface area (Å²) in [5, 5.41) is 1.91. The first-order chi connectivity index (χ1) is 15.2. The lowest BCUT2D eigenvalue weighted by molar-refractivity contribution is -0.136. The lowest BCUT2D eigenvalue weighted by Gasteiger charge is -2.20. The fraction of sp³-hybridized carbons (Fsp3) is 0.300. The zero-order valence-electron chi connectivity index (χ0n) is 16.4. The predicted molar refractivity (Wildman–Crippen MR) is 108 cm³/mol. The summed E-state index contributed by atoms with van der Waals surface area (Å²) >= 11 is 0. The van der Waals surface area contributed by atoms with Crippen LogP contribution in [0.1, 0.15) is 21.3 Å². The van der Waals surface area contributed by atoms with Crippen molar-refractivity contribution >= 4 is 22.8 Å². The van der Waals surface area contributed by atoms with Crippen molar-refractivity contribution in [1.29, 1.82) is 0 Å². The number of aromatic nitrogens is 2. The largest absolute Gasteiger partial charge is 0.450 e. The highest BCUT2D eigenvalue weighted by Gasteiger charge is 2.35. The van der Waals surface area contributed by atoms with Crippen LogP contribution in [0.4, 0.5) is 32.4 Å². The van der Waals surface area contributed by atoms with Crippen LogP contribution < -0.4 is 10.1 Å². The van der Waals surface area contributed by atoms with Crippen LogP contribution in [0.5, 0.6) is 11.5 Å². The highest BCUT2D eigenvalue weighted by Crippen LogP contribution is 2.40. The van der Waals surface area contributed by atoms with Crippen LogP contribution in [0.3, 0.4) is 0 Å². The number of anilines is 1. The number of rotatable bonds is 3. The van der Waals surface area contributed by atoms with Crippen molar-refractivity contribution in [3.8, 4) is 11.5 Å². The number of benzene rings is 1. The number of hydrogen-bond donors (Lipinski definition) is 2. The normalized spacial score (nSPS) is 15.0. The molecule has 1 aliphatic heterocycles. The van der Waals surface area contributed by atoms with Gasteiger partial charge >= 0.3 is 12.2 Å². The topological polar surface area (TPSA) is 79.5 Å². The van der Waals surface area contributed by atoms with E-state index in [2.05, 4.69) is 15.3 Å². The first kappa shape index (κ1) is 21.8. The van der Waals surface area contributed by atoms with Crippen molar-refractivity contribution in [2.75, 3.05) is 25.2 Å². The van der Waals surface area contributed by atoms with Crippen LogP contribution in [-0.2, 0) is 10.9 Å². The molecule has 2 amide bonds. The maximum Gasteiger partial charge on any atom is 0.418 e. The molecule has 0 radical (unpaired) electrons. The van der Waals surface area contributed by atoms with Crippen LogP contribution in [0.2, 0.25) is 0 Å². The Balaban J connectivity index is 0.00000204. The van der Waals surface area contributed by atoms with Gasteiger partial charge in [0.25, 0.3) is 0 Å². The first-order valence-corrected chi connectivity index (χ1v) is 9.58. The van der Waals surface area contributed by atoms with Crippen LogP contribution in [0.15, 0.2) is 30.6 Å². The lowest BCUT2D eigenvalue weighted by Crippen LogP contribution is -2.36. The molecule has 3 heterocycles. The van der Waals surface area contributed by atoms with E-state index in [1.54, 1.807) is 0 Å². The Morgan fingerprint density at radius 3 is 2.72 bits per heavy atom. The van der Waals surface area contributed by atoms with E-state index in [4.69, 9.17) is 9.47 Å². The molecule has 4 rings (SSSR count). The van der Waals surface area contributed by atoms with E-state index in [1.807, 2.05) is 0 Å². The van der Waals surface area contributed by atoms with Gasteiger partial charge in [0, 0.05) is 46.2 Å². The third kappa shape index (κ3) is 4.44. The van der Waals surface area contributed by atoms with Gasteiger partial charge in [0.2, 0.25) is 0 Å². The van der Waals surface area contributed by atoms with Gasteiger partial charge in [-0.25, -0.2) is 18.6 Å². The van der Waals surface area contributed by atoms with Gasteiger partial charge in [-0.1, -0.05) is 0 Å². The third-order valence-electron chi connectivity index (χ3n) is 4.80. The molecule has 12 heteroatoms. The molecule has 3 aromatic rings. The van der Waals surface area contributed by atoms with Gasteiger partial charge in [-0.3, -0.25) is 0 Å². The van der Waals surface area contributed by atoms with Crippen LogP contribution in [0.25, 0.3) is 11.0 Å². The predicted octanol–water partition coefficient (Wildman–Crippen LogP) is 5.75. The second-order valence-electron chi connectivity index (χ2n) is 7.04. The summed E-state index contributed by atoms with van der Waals surface area (Å²) in [4.78, 5) is 19.8. The summed E-state index contributed by atoms with van der Waals surface area (Å²) in [7, 11) is 0. The highest BCUT2D eigenvalue weighted by atomic mass is 19.4. The number of carbonyl (C=O) groups is 1. The van der Waals surface area contributed by atoms with E-state index >= 15 is 0 Å². The Morgan fingerprint density at radius 1 is 1.25 bits per heavy atom. The molecule has 0 saturated carbocycles. The molecule has 2 aromatic heterocycles. The van der Waals surface area contributed by atoms with Crippen molar-refractivity contribution in [2.24, 2.45) is 0 Å². The van der Waals surface area contributed by atoms with E-state index in [9.17, 15) is 26.7 Å². The zero-order chi connectivity index (χ0) is 22.9. The van der Waals surface area contributed by atoms with Gasteiger partial charge in [-0.2, -0.15) is 13.2 Å². The van der Waals surface area contributed by atoms with Crippen LogP contribution in [-0.4, -0.2) is 40.8 Å². The molecular weight excluding hydrogens is 439 g/mol. The average Bonchev–Trinajstić information content (AvgIpc) is 2.99. The third-order valence-corrected chi connectivity index (χ3v) is 4.80. The molecule has 1 saturated heterocycles. The van der Waals surface area contributed by atoms with E-state index < -0.39 is 46.3 Å². The summed E-state index contributed by atoms with van der Waals surface area (Å²) in [6, 6.07) is 2.10. The maximum atomic E-state index is 14.6. The number of nitrogens with one attached hydrogen (secondary N) is 2. The summed E-state index contributed by atoms with van der Waals surface area (Å²) < 4.78 is 79.5. The van der Waals surface area contributed by atoms with Crippen LogP contribution >= 0.6 is 0 Å². The molecule has 32 heavy (non-hydrogen) atoms. The van der Waals surface area contributed by atoms with E-state index in [-0.39, 0.29) is 20.9 Å². The number of ether oxygens (including phenoxy) is 2. The lowest BCUT2D eigenvalue weighted by atomic mass is 10.2. The van der Waals surface area contributed by atoms with E-state index in [0.717, 1.165) is 37.2 Å². The molecule has 0 spiro atoms. The summed E-state index contributed by atoms with van der Waals surface area (Å²) in [5.74, 6) is -3.76. The number of amides is 2. The smallest absolute Gasteiger partial charge is 0.418 e. The number of pyridine rings is 1. The maximum absolute atomic E-state index is 14.6. The number of fused-ring (bicyclic) bond motifs is 1. The van der Waals surface area contributed by atoms with Crippen molar-refractivity contribution in [1.82, 2.24) is 14.9 Å². The van der Waals surface area contributed by atoms with Crippen LogP contribution in [0, 0.1) is 11.6 Å². The van der Waals surface area contributed by atoms with Gasteiger partial charge in [0.05, 0.1) is 10.9 Å². The molecule has 2 N–H and O–H groups in total. The monoisotopic (exact) mass is 460 g/mol. The number of alkyl halides is 3. The Morgan fingerprint density at radius 2 is 2.00 bits per heavy atom. The Labute approximate surface area is 181 Å². The van der Waals surface area contributed by atoms with Gasteiger partial charge < -0.3 is 24.7 Å². The quantitative estimate of drug-likeness (QED) is 0.488. The molecule has 1 aliphatic rings. The number of nitrogens with zero attached hydrogens (tertiary/aromatic N) is 2. The molecule has 0 unspecified atom stereocenters. The molecule has 0 aliphatic carbocycles. The number of carbonyl (C=O) groups excluding carboxylic acids is 1. The molecular formula is C20H21F5N4O3. The SMILES string of the molecule is O=C(Nc1cc(F)c(Oc2ccnc3[nH]cc(C(F)(F)F)c23)c(F)c1)N1CCCCOC1.[HH].[HH]. The average molecular weight is 460 g/mol. The standard InChI is InChI=1S/C20H17F5N4O3.2H2/c21-13-7-11(28-19(30)29-5-1-2-6-31-10-29)8-14(22)17(13)32-15-3-4-26-18-16(15)12(9-27-18)20(23,24)25;;/h3-4,7-9H,1-2,5-6,10H2,(H,26,27)(H,28,30);2*1H.